The second kappa shape index (κ2) is 6.89. The van der Waals surface area contributed by atoms with Gasteiger partial charge in [0.1, 0.15) is 11.6 Å². The molecule has 1 aliphatic carbocycles. The normalized spacial score (nSPS) is 17.0. The zero-order valence-electron chi connectivity index (χ0n) is 12.0. The van der Waals surface area contributed by atoms with Crippen molar-refractivity contribution >= 4 is 24.6 Å². The van der Waals surface area contributed by atoms with Crippen LogP contribution < -0.4 is 5.73 Å². The van der Waals surface area contributed by atoms with Crippen LogP contribution in [-0.4, -0.2) is 15.7 Å². The van der Waals surface area contributed by atoms with E-state index in [1.54, 1.807) is 0 Å². The molecule has 0 fully saturated rings. The Kier molecular flexibility index (Phi) is 5.36. The molecule has 1 aromatic carbocycles. The van der Waals surface area contributed by atoms with Crippen molar-refractivity contribution in [1.82, 2.24) is 9.13 Å². The predicted octanol–water partition coefficient (Wildman–Crippen LogP) is 3.41. The Hall–Kier alpha value is -1.24. The molecular formula is C15H18ClF2N3S. The van der Waals surface area contributed by atoms with E-state index >= 15 is 0 Å². The Balaban J connectivity index is 0.00000176. The summed E-state index contributed by atoms with van der Waals surface area (Å²) in [4.78, 5) is 0. The van der Waals surface area contributed by atoms with Gasteiger partial charge in [-0.05, 0) is 48.7 Å². The lowest BCUT2D eigenvalue weighted by atomic mass is 9.87. The fourth-order valence-corrected chi connectivity index (χ4v) is 3.40. The second-order valence-electron chi connectivity index (χ2n) is 5.39. The van der Waals surface area contributed by atoms with E-state index in [1.807, 2.05) is 21.5 Å². The molecule has 120 valence electrons. The number of hydrogen-bond acceptors (Lipinski definition) is 2. The molecule has 1 aromatic heterocycles. The molecule has 0 radical (unpaired) electrons. The lowest BCUT2D eigenvalue weighted by Crippen LogP contribution is -2.20. The molecule has 0 spiro atoms. The number of halogens is 3. The zero-order chi connectivity index (χ0) is 15.0. The van der Waals surface area contributed by atoms with Gasteiger partial charge in [-0.3, -0.25) is 0 Å². The third-order valence-electron chi connectivity index (χ3n) is 4.07. The van der Waals surface area contributed by atoms with Gasteiger partial charge in [-0.25, -0.2) is 8.78 Å². The van der Waals surface area contributed by atoms with Crippen LogP contribution in [0.1, 0.15) is 23.6 Å². The van der Waals surface area contributed by atoms with Gasteiger partial charge in [0.2, 0.25) is 0 Å². The van der Waals surface area contributed by atoms with Gasteiger partial charge >= 0.3 is 0 Å². The molecule has 1 heterocycles. The molecule has 2 aromatic rings. The Morgan fingerprint density at radius 1 is 1.27 bits per heavy atom. The molecule has 1 atom stereocenters. The topological polar surface area (TPSA) is 35.9 Å². The quantitative estimate of drug-likeness (QED) is 0.865. The highest BCUT2D eigenvalue weighted by molar-refractivity contribution is 7.71. The third-order valence-corrected chi connectivity index (χ3v) is 4.52. The first-order valence-electron chi connectivity index (χ1n) is 7.04. The first-order valence-corrected chi connectivity index (χ1v) is 7.45. The van der Waals surface area contributed by atoms with Crippen LogP contribution in [0.3, 0.4) is 0 Å². The number of nitrogens with zero attached hydrogens (tertiary/aromatic N) is 2. The Bertz CT molecular complexity index is 726. The van der Waals surface area contributed by atoms with Crippen molar-refractivity contribution in [2.75, 3.05) is 6.54 Å². The Labute approximate surface area is 139 Å². The Morgan fingerprint density at radius 2 is 2.05 bits per heavy atom. The predicted molar refractivity (Wildman–Crippen MR) is 87.0 cm³/mol. The van der Waals surface area contributed by atoms with Crippen LogP contribution in [0.25, 0.3) is 0 Å². The Morgan fingerprint density at radius 3 is 2.77 bits per heavy atom. The van der Waals surface area contributed by atoms with Gasteiger partial charge in [0.25, 0.3) is 0 Å². The minimum Gasteiger partial charge on any atom is -0.329 e. The van der Waals surface area contributed by atoms with Crippen molar-refractivity contribution in [3.63, 3.8) is 0 Å². The highest BCUT2D eigenvalue weighted by Crippen LogP contribution is 2.31. The van der Waals surface area contributed by atoms with Crippen molar-refractivity contribution < 1.29 is 8.78 Å². The maximum atomic E-state index is 13.8. The minimum atomic E-state index is -0.517. The number of rotatable bonds is 3. The summed E-state index contributed by atoms with van der Waals surface area (Å²) >= 11 is 5.44. The maximum Gasteiger partial charge on any atom is 0.180 e. The van der Waals surface area contributed by atoms with Gasteiger partial charge in [0.05, 0.1) is 0 Å². The summed E-state index contributed by atoms with van der Waals surface area (Å²) in [5.74, 6) is -0.955. The van der Waals surface area contributed by atoms with Gasteiger partial charge in [0.15, 0.2) is 4.77 Å². The van der Waals surface area contributed by atoms with Crippen molar-refractivity contribution in [2.45, 2.75) is 31.8 Å². The maximum absolute atomic E-state index is 13.8. The summed E-state index contributed by atoms with van der Waals surface area (Å²) in [7, 11) is 0. The van der Waals surface area contributed by atoms with E-state index in [2.05, 4.69) is 0 Å². The van der Waals surface area contributed by atoms with Crippen LogP contribution in [0.15, 0.2) is 24.5 Å². The van der Waals surface area contributed by atoms with Crippen molar-refractivity contribution in [2.24, 2.45) is 5.73 Å². The highest BCUT2D eigenvalue weighted by atomic mass is 35.5. The van der Waals surface area contributed by atoms with E-state index in [1.165, 1.54) is 6.07 Å². The van der Waals surface area contributed by atoms with Gasteiger partial charge < -0.3 is 14.9 Å². The van der Waals surface area contributed by atoms with Gasteiger partial charge in [-0.1, -0.05) is 0 Å². The monoisotopic (exact) mass is 345 g/mol. The standard InChI is InChI=1S/C15H17F2N3S.ClH/c16-11-7-10-8-12(1-2-13(10)14(17)9-11)20-6-5-19(4-3-18)15(20)21;/h5-7,9,12H,1-4,8,18H2;1H. The molecule has 0 saturated carbocycles. The summed E-state index contributed by atoms with van der Waals surface area (Å²) < 4.78 is 31.8. The molecule has 0 amide bonds. The van der Waals surface area contributed by atoms with Crippen molar-refractivity contribution in [1.29, 1.82) is 0 Å². The second-order valence-corrected chi connectivity index (χ2v) is 5.76. The first kappa shape index (κ1) is 17.1. The van der Waals surface area contributed by atoms with Crippen LogP contribution in [0.4, 0.5) is 8.78 Å². The first-order chi connectivity index (χ1) is 10.1. The van der Waals surface area contributed by atoms with Crippen LogP contribution in [0.2, 0.25) is 0 Å². The molecule has 0 aliphatic heterocycles. The zero-order valence-corrected chi connectivity index (χ0v) is 13.6. The number of benzene rings is 1. The number of hydrogen-bond donors (Lipinski definition) is 1. The van der Waals surface area contributed by atoms with Gasteiger partial charge in [-0.2, -0.15) is 0 Å². The number of nitrogens with two attached hydrogens (primary N) is 1. The molecule has 0 saturated heterocycles. The average molecular weight is 346 g/mol. The van der Waals surface area contributed by atoms with Gasteiger partial charge in [0, 0.05) is 37.6 Å². The van der Waals surface area contributed by atoms with E-state index in [9.17, 15) is 8.78 Å². The number of fused-ring (bicyclic) bond motifs is 1. The summed E-state index contributed by atoms with van der Waals surface area (Å²) in [6.45, 7) is 1.21. The lowest BCUT2D eigenvalue weighted by Gasteiger charge is -2.26. The van der Waals surface area contributed by atoms with Gasteiger partial charge in [-0.15, -0.1) is 12.4 Å². The highest BCUT2D eigenvalue weighted by Gasteiger charge is 2.23. The molecule has 1 aliphatic rings. The molecule has 22 heavy (non-hydrogen) atoms. The molecule has 3 nitrogen and oxygen atoms in total. The van der Waals surface area contributed by atoms with Crippen LogP contribution in [0, 0.1) is 16.4 Å². The number of imidazole rings is 1. The van der Waals surface area contributed by atoms with Crippen molar-refractivity contribution in [3.8, 4) is 0 Å². The summed E-state index contributed by atoms with van der Waals surface area (Å²) in [5, 5.41) is 0. The van der Waals surface area contributed by atoms with E-state index in [0.29, 0.717) is 36.3 Å². The molecule has 7 heteroatoms. The molecule has 2 N–H and O–H groups in total. The summed E-state index contributed by atoms with van der Waals surface area (Å²) in [6, 6.07) is 2.54. The molecule has 3 rings (SSSR count). The largest absolute Gasteiger partial charge is 0.329 e. The van der Waals surface area contributed by atoms with E-state index < -0.39 is 11.6 Å². The fourth-order valence-electron chi connectivity index (χ4n) is 3.04. The van der Waals surface area contributed by atoms with Crippen LogP contribution in [0.5, 0.6) is 0 Å². The summed E-state index contributed by atoms with van der Waals surface area (Å²) in [5.41, 5.74) is 6.94. The summed E-state index contributed by atoms with van der Waals surface area (Å²) in [6.07, 6.45) is 5.86. The molecule has 1 unspecified atom stereocenters. The molecular weight excluding hydrogens is 328 g/mol. The van der Waals surface area contributed by atoms with Crippen LogP contribution >= 0.6 is 24.6 Å². The smallest absolute Gasteiger partial charge is 0.180 e. The minimum absolute atomic E-state index is 0. The number of aromatic nitrogens is 2. The third kappa shape index (κ3) is 3.09. The van der Waals surface area contributed by atoms with E-state index in [4.69, 9.17) is 18.0 Å². The lowest BCUT2D eigenvalue weighted by molar-refractivity contribution is 0.421. The molecule has 0 bridgehead atoms. The van der Waals surface area contributed by atoms with E-state index in [0.717, 1.165) is 18.1 Å². The van der Waals surface area contributed by atoms with Crippen LogP contribution in [-0.2, 0) is 19.4 Å². The van der Waals surface area contributed by atoms with Crippen molar-refractivity contribution in [3.05, 3.63) is 52.1 Å². The van der Waals surface area contributed by atoms with E-state index in [-0.39, 0.29) is 18.4 Å². The fraction of sp³-hybridized carbons (Fsp3) is 0.400. The SMILES string of the molecule is Cl.NCCn1ccn(C2CCc3c(F)cc(F)cc3C2)c1=S. The average Bonchev–Trinajstić information content (AvgIpc) is 2.80.